The first kappa shape index (κ1) is 15.7. The number of hydrogen-bond acceptors (Lipinski definition) is 5. The molecule has 0 amide bonds. The number of benzene rings is 1. The first-order chi connectivity index (χ1) is 11.4. The van der Waals surface area contributed by atoms with E-state index in [-0.39, 0.29) is 29.4 Å². The number of halogens is 1. The van der Waals surface area contributed by atoms with Gasteiger partial charge in [-0.1, -0.05) is 0 Å². The molecule has 1 N–H and O–H groups in total. The van der Waals surface area contributed by atoms with Crippen LogP contribution in [0.2, 0.25) is 0 Å². The lowest BCUT2D eigenvalue weighted by Gasteiger charge is -2.09. The van der Waals surface area contributed by atoms with Gasteiger partial charge < -0.3 is 4.74 Å². The maximum absolute atomic E-state index is 13.4. The molecule has 24 heavy (non-hydrogen) atoms. The fourth-order valence-electron chi connectivity index (χ4n) is 2.48. The highest BCUT2D eigenvalue weighted by Gasteiger charge is 2.13. The number of aryl methyl sites for hydroxylation is 1. The zero-order valence-electron chi connectivity index (χ0n) is 12.5. The van der Waals surface area contributed by atoms with E-state index in [9.17, 15) is 23.6 Å². The fraction of sp³-hybridized carbons (Fsp3) is 0.200. The van der Waals surface area contributed by atoms with Gasteiger partial charge in [-0.15, -0.1) is 0 Å². The van der Waals surface area contributed by atoms with E-state index in [2.05, 4.69) is 9.84 Å². The van der Waals surface area contributed by atoms with Crippen molar-refractivity contribution in [3.63, 3.8) is 0 Å². The van der Waals surface area contributed by atoms with Gasteiger partial charge in [-0.3, -0.25) is 23.9 Å². The highest BCUT2D eigenvalue weighted by Crippen LogP contribution is 2.11. The number of carbonyl (C=O) groups excluding carboxylic acids is 1. The maximum Gasteiger partial charge on any atom is 0.348 e. The van der Waals surface area contributed by atoms with Gasteiger partial charge in [0.2, 0.25) is 0 Å². The Morgan fingerprint density at radius 1 is 1.21 bits per heavy atom. The summed E-state index contributed by atoms with van der Waals surface area (Å²) in [4.78, 5) is 48.0. The van der Waals surface area contributed by atoms with Gasteiger partial charge in [0, 0.05) is 11.5 Å². The number of fused-ring (bicyclic) bond motifs is 3. The zero-order valence-corrected chi connectivity index (χ0v) is 12.5. The summed E-state index contributed by atoms with van der Waals surface area (Å²) in [5, 5.41) is 2.29. The summed E-state index contributed by atoms with van der Waals surface area (Å²) in [6, 6.07) is 4.33. The number of hydrogen-bond donors (Lipinski definition) is 1. The predicted molar refractivity (Wildman–Crippen MR) is 82.6 cm³/mol. The van der Waals surface area contributed by atoms with Crippen molar-refractivity contribution in [2.75, 3.05) is 7.11 Å². The number of methoxy groups -OCH3 is 1. The van der Waals surface area contributed by atoms with Crippen LogP contribution in [0.15, 0.2) is 38.6 Å². The van der Waals surface area contributed by atoms with E-state index in [4.69, 9.17) is 0 Å². The number of rotatable bonds is 3. The number of ether oxygens (including phenoxy) is 1. The Balaban J connectivity index is 2.35. The minimum Gasteiger partial charge on any atom is -0.469 e. The van der Waals surface area contributed by atoms with Crippen molar-refractivity contribution in [3.05, 3.63) is 61.1 Å². The molecule has 2 aromatic heterocycles. The molecule has 2 heterocycles. The third-order valence-corrected chi connectivity index (χ3v) is 3.63. The second kappa shape index (κ2) is 5.76. The standard InChI is InChI=1S/C15H12FN3O5/c1-24-13(21)4-5-18-15(23)19-10-3-2-8(16)6-9(10)12(20)7-11(19)14(22)17-18/h2-3,6-7H,4-5H2,1H3,(H,17,22). The fourth-order valence-corrected chi connectivity index (χ4v) is 2.48. The molecule has 3 aromatic rings. The number of carbonyl (C=O) groups is 1. The molecule has 1 aromatic carbocycles. The lowest BCUT2D eigenvalue weighted by molar-refractivity contribution is -0.140. The number of H-pyrrole nitrogens is 1. The summed E-state index contributed by atoms with van der Waals surface area (Å²) in [5.74, 6) is -1.18. The molecule has 0 saturated carbocycles. The summed E-state index contributed by atoms with van der Waals surface area (Å²) in [5.41, 5.74) is -1.95. The molecule has 9 heteroatoms. The lowest BCUT2D eigenvalue weighted by atomic mass is 10.2. The summed E-state index contributed by atoms with van der Waals surface area (Å²) < 4.78 is 19.8. The Kier molecular flexibility index (Phi) is 3.76. The molecule has 0 atom stereocenters. The van der Waals surface area contributed by atoms with Crippen LogP contribution >= 0.6 is 0 Å². The Morgan fingerprint density at radius 2 is 1.96 bits per heavy atom. The second-order valence-corrected chi connectivity index (χ2v) is 5.09. The summed E-state index contributed by atoms with van der Waals surface area (Å²) in [6.07, 6.45) is -0.120. The first-order valence-electron chi connectivity index (χ1n) is 6.97. The van der Waals surface area contributed by atoms with Gasteiger partial charge in [-0.25, -0.2) is 13.9 Å². The molecule has 0 aliphatic carbocycles. The number of pyridine rings is 1. The monoisotopic (exact) mass is 333 g/mol. The Morgan fingerprint density at radius 3 is 2.67 bits per heavy atom. The third kappa shape index (κ3) is 2.49. The van der Waals surface area contributed by atoms with Gasteiger partial charge in [0.05, 0.1) is 25.6 Å². The first-order valence-corrected chi connectivity index (χ1v) is 6.97. The van der Waals surface area contributed by atoms with E-state index in [1.54, 1.807) is 0 Å². The highest BCUT2D eigenvalue weighted by atomic mass is 19.1. The minimum absolute atomic E-state index is 0.0188. The predicted octanol–water partition coefficient (Wildman–Crippen LogP) is 0.00490. The van der Waals surface area contributed by atoms with Crippen LogP contribution < -0.4 is 16.7 Å². The second-order valence-electron chi connectivity index (χ2n) is 5.09. The third-order valence-electron chi connectivity index (χ3n) is 3.63. The van der Waals surface area contributed by atoms with Gasteiger partial charge in [0.15, 0.2) is 5.43 Å². The quantitative estimate of drug-likeness (QED) is 0.537. The van der Waals surface area contributed by atoms with Crippen molar-refractivity contribution < 1.29 is 13.9 Å². The van der Waals surface area contributed by atoms with Crippen LogP contribution in [-0.4, -0.2) is 27.3 Å². The topological polar surface area (TPSA) is 103 Å². The molecule has 0 bridgehead atoms. The van der Waals surface area contributed by atoms with E-state index in [0.717, 1.165) is 27.3 Å². The molecule has 0 radical (unpaired) electrons. The van der Waals surface area contributed by atoms with Crippen LogP contribution in [0, 0.1) is 5.82 Å². The van der Waals surface area contributed by atoms with Gasteiger partial charge >= 0.3 is 11.7 Å². The molecule has 3 rings (SSSR count). The lowest BCUT2D eigenvalue weighted by Crippen LogP contribution is -2.37. The van der Waals surface area contributed by atoms with Crippen LogP contribution in [-0.2, 0) is 16.1 Å². The van der Waals surface area contributed by atoms with E-state index in [0.29, 0.717) is 0 Å². The summed E-state index contributed by atoms with van der Waals surface area (Å²) in [7, 11) is 1.21. The van der Waals surface area contributed by atoms with Crippen molar-refractivity contribution in [2.45, 2.75) is 13.0 Å². The van der Waals surface area contributed by atoms with E-state index in [1.165, 1.54) is 13.2 Å². The molecule has 124 valence electrons. The van der Waals surface area contributed by atoms with Crippen LogP contribution in [0.5, 0.6) is 0 Å². The Labute approximate surface area is 132 Å². The molecule has 0 saturated heterocycles. The SMILES string of the molecule is COC(=O)CCn1[nH]c(=O)c2cc(=O)c3cc(F)ccc3n2c1=O. The number of nitrogens with zero attached hydrogens (tertiary/aromatic N) is 2. The van der Waals surface area contributed by atoms with Crippen molar-refractivity contribution in [1.29, 1.82) is 0 Å². The average molecular weight is 333 g/mol. The maximum atomic E-state index is 13.4. The average Bonchev–Trinajstić information content (AvgIpc) is 2.56. The largest absolute Gasteiger partial charge is 0.469 e. The van der Waals surface area contributed by atoms with Crippen LogP contribution in [0.25, 0.3) is 16.4 Å². The molecule has 0 unspecified atom stereocenters. The molecule has 8 nitrogen and oxygen atoms in total. The van der Waals surface area contributed by atoms with Crippen LogP contribution in [0.3, 0.4) is 0 Å². The van der Waals surface area contributed by atoms with Crippen LogP contribution in [0.4, 0.5) is 4.39 Å². The molecule has 0 aliphatic heterocycles. The molecule has 0 aliphatic rings. The molecule has 0 fully saturated rings. The smallest absolute Gasteiger partial charge is 0.348 e. The van der Waals surface area contributed by atoms with Crippen LogP contribution in [0.1, 0.15) is 6.42 Å². The van der Waals surface area contributed by atoms with Gasteiger partial charge in [0.1, 0.15) is 11.3 Å². The van der Waals surface area contributed by atoms with E-state index < -0.39 is 28.5 Å². The Hall–Kier alpha value is -3.23. The van der Waals surface area contributed by atoms with Crippen molar-refractivity contribution in [2.24, 2.45) is 0 Å². The number of aromatic amines is 1. The molecule has 0 spiro atoms. The van der Waals surface area contributed by atoms with Crippen molar-refractivity contribution in [1.82, 2.24) is 14.2 Å². The molecular weight excluding hydrogens is 321 g/mol. The van der Waals surface area contributed by atoms with Gasteiger partial charge in [0.25, 0.3) is 5.56 Å². The van der Waals surface area contributed by atoms with Crippen molar-refractivity contribution >= 4 is 22.4 Å². The van der Waals surface area contributed by atoms with Gasteiger partial charge in [-0.05, 0) is 18.2 Å². The van der Waals surface area contributed by atoms with Gasteiger partial charge in [-0.2, -0.15) is 0 Å². The number of esters is 1. The van der Waals surface area contributed by atoms with E-state index in [1.807, 2.05) is 0 Å². The number of nitrogens with one attached hydrogen (secondary N) is 1. The molecular formula is C15H12FN3O5. The normalized spacial score (nSPS) is 11.1. The number of aromatic nitrogens is 3. The van der Waals surface area contributed by atoms with E-state index >= 15 is 0 Å². The van der Waals surface area contributed by atoms with Crippen molar-refractivity contribution in [3.8, 4) is 0 Å². The highest BCUT2D eigenvalue weighted by molar-refractivity contribution is 5.82. The zero-order chi connectivity index (χ0) is 17.4. The summed E-state index contributed by atoms with van der Waals surface area (Å²) >= 11 is 0. The minimum atomic E-state index is -0.678. The summed E-state index contributed by atoms with van der Waals surface area (Å²) in [6.45, 7) is -0.106. The Bertz CT molecular complexity index is 1140.